The van der Waals surface area contributed by atoms with Crippen LogP contribution in [-0.4, -0.2) is 16.9 Å². The number of thioether (sulfide) groups is 1. The molecule has 3 rings (SSSR count). The van der Waals surface area contributed by atoms with Crippen LogP contribution in [0.15, 0.2) is 34.5 Å². The van der Waals surface area contributed by atoms with Crippen LogP contribution in [0.1, 0.15) is 25.5 Å². The maximum atomic E-state index is 11.7. The van der Waals surface area contributed by atoms with Crippen molar-refractivity contribution < 1.29 is 4.79 Å². The number of benzene rings is 1. The lowest BCUT2D eigenvalue weighted by Crippen LogP contribution is -2.30. The molecule has 110 valence electrons. The molecule has 2 aromatic rings. The molecule has 0 radical (unpaired) electrons. The number of thiazole rings is 1. The predicted octanol–water partition coefficient (Wildman–Crippen LogP) is 4.60. The average molecular weight is 339 g/mol. The van der Waals surface area contributed by atoms with Gasteiger partial charge in [0, 0.05) is 34.0 Å². The summed E-state index contributed by atoms with van der Waals surface area (Å²) in [4.78, 5) is 19.3. The summed E-state index contributed by atoms with van der Waals surface area (Å²) in [5.41, 5.74) is 1.01. The van der Waals surface area contributed by atoms with Gasteiger partial charge in [0.15, 0.2) is 5.13 Å². The Morgan fingerprint density at radius 1 is 1.52 bits per heavy atom. The van der Waals surface area contributed by atoms with Crippen molar-refractivity contribution in [2.24, 2.45) is 0 Å². The molecule has 0 saturated heterocycles. The summed E-state index contributed by atoms with van der Waals surface area (Å²) in [6.07, 6.45) is 2.18. The summed E-state index contributed by atoms with van der Waals surface area (Å²) in [5.74, 6) is 0.869. The van der Waals surface area contributed by atoms with Gasteiger partial charge in [0.2, 0.25) is 5.91 Å². The Balaban J connectivity index is 1.66. The Hall–Kier alpha value is -1.04. The molecule has 1 aromatic heterocycles. The van der Waals surface area contributed by atoms with Crippen LogP contribution in [0, 0.1) is 0 Å². The van der Waals surface area contributed by atoms with Crippen molar-refractivity contribution in [3.05, 3.63) is 40.4 Å². The maximum absolute atomic E-state index is 11.7. The van der Waals surface area contributed by atoms with E-state index in [0.29, 0.717) is 6.04 Å². The third kappa shape index (κ3) is 3.78. The molecule has 1 aromatic carbocycles. The van der Waals surface area contributed by atoms with Crippen LogP contribution in [-0.2, 0) is 10.5 Å². The van der Waals surface area contributed by atoms with E-state index in [1.165, 1.54) is 0 Å². The number of hydrogen-bond acceptors (Lipinski definition) is 4. The van der Waals surface area contributed by atoms with E-state index in [9.17, 15) is 4.79 Å². The van der Waals surface area contributed by atoms with E-state index in [0.717, 1.165) is 39.3 Å². The lowest BCUT2D eigenvalue weighted by Gasteiger charge is -2.16. The normalized spacial score (nSPS) is 14.2. The van der Waals surface area contributed by atoms with Gasteiger partial charge in [0.05, 0.1) is 5.69 Å². The Kier molecular flexibility index (Phi) is 4.52. The Morgan fingerprint density at radius 3 is 3.00 bits per heavy atom. The SMILES string of the molecule is CC(=O)N(c1nc(CSc2cccc(Cl)c2)cs1)C1CC1. The summed E-state index contributed by atoms with van der Waals surface area (Å²) in [6.45, 7) is 1.61. The Bertz CT molecular complexity index is 655. The van der Waals surface area contributed by atoms with Crippen molar-refractivity contribution in [1.82, 2.24) is 4.98 Å². The first-order valence-electron chi connectivity index (χ1n) is 6.76. The molecule has 3 nitrogen and oxygen atoms in total. The van der Waals surface area contributed by atoms with Crippen LogP contribution in [0.3, 0.4) is 0 Å². The van der Waals surface area contributed by atoms with Crippen molar-refractivity contribution in [1.29, 1.82) is 0 Å². The highest BCUT2D eigenvalue weighted by atomic mass is 35.5. The Labute approximate surface area is 137 Å². The second-order valence-electron chi connectivity index (χ2n) is 4.99. The number of carbonyl (C=O) groups is 1. The zero-order valence-electron chi connectivity index (χ0n) is 11.6. The van der Waals surface area contributed by atoms with Gasteiger partial charge in [-0.25, -0.2) is 4.98 Å². The first-order valence-corrected chi connectivity index (χ1v) is 9.00. The van der Waals surface area contributed by atoms with E-state index in [4.69, 9.17) is 11.6 Å². The summed E-state index contributed by atoms with van der Waals surface area (Å²) < 4.78 is 0. The third-order valence-electron chi connectivity index (χ3n) is 3.18. The standard InChI is InChI=1S/C15H15ClN2OS2/c1-10(19)18(13-5-6-13)15-17-12(9-21-15)8-20-14-4-2-3-11(16)7-14/h2-4,7,9,13H,5-6,8H2,1H3. The van der Waals surface area contributed by atoms with Crippen molar-refractivity contribution >= 4 is 45.7 Å². The largest absolute Gasteiger partial charge is 0.285 e. The number of anilines is 1. The third-order valence-corrected chi connectivity index (χ3v) is 5.33. The number of rotatable bonds is 5. The quantitative estimate of drug-likeness (QED) is 0.747. The summed E-state index contributed by atoms with van der Waals surface area (Å²) in [7, 11) is 0. The minimum Gasteiger partial charge on any atom is -0.285 e. The van der Waals surface area contributed by atoms with Crippen LogP contribution in [0.5, 0.6) is 0 Å². The molecule has 0 spiro atoms. The highest BCUT2D eigenvalue weighted by Gasteiger charge is 2.33. The highest BCUT2D eigenvalue weighted by molar-refractivity contribution is 7.98. The zero-order chi connectivity index (χ0) is 14.8. The molecule has 1 amide bonds. The fraction of sp³-hybridized carbons (Fsp3) is 0.333. The molecule has 1 aliphatic carbocycles. The van der Waals surface area contributed by atoms with E-state index >= 15 is 0 Å². The predicted molar refractivity (Wildman–Crippen MR) is 89.3 cm³/mol. The lowest BCUT2D eigenvalue weighted by atomic mass is 10.4. The van der Waals surface area contributed by atoms with E-state index < -0.39 is 0 Å². The van der Waals surface area contributed by atoms with Crippen LogP contribution >= 0.6 is 34.7 Å². The first-order chi connectivity index (χ1) is 10.1. The van der Waals surface area contributed by atoms with E-state index in [2.05, 4.69) is 4.98 Å². The first kappa shape index (κ1) is 14.9. The number of nitrogens with zero attached hydrogens (tertiary/aromatic N) is 2. The van der Waals surface area contributed by atoms with Gasteiger partial charge in [-0.15, -0.1) is 23.1 Å². The summed E-state index contributed by atoms with van der Waals surface area (Å²) >= 11 is 9.23. The molecule has 6 heteroatoms. The second-order valence-corrected chi connectivity index (χ2v) is 7.31. The number of hydrogen-bond donors (Lipinski definition) is 0. The number of halogens is 1. The molecule has 0 bridgehead atoms. The molecule has 21 heavy (non-hydrogen) atoms. The number of carbonyl (C=O) groups excluding carboxylic acids is 1. The monoisotopic (exact) mass is 338 g/mol. The van der Waals surface area contributed by atoms with Crippen molar-refractivity contribution in [2.45, 2.75) is 36.5 Å². The van der Waals surface area contributed by atoms with Crippen LogP contribution in [0.2, 0.25) is 5.02 Å². The fourth-order valence-corrected chi connectivity index (χ4v) is 4.21. The Morgan fingerprint density at radius 2 is 2.33 bits per heavy atom. The second kappa shape index (κ2) is 6.38. The van der Waals surface area contributed by atoms with Gasteiger partial charge in [-0.05, 0) is 31.0 Å². The molecule has 1 aliphatic rings. The highest BCUT2D eigenvalue weighted by Crippen LogP contribution is 2.34. The fourth-order valence-electron chi connectivity index (χ4n) is 2.07. The molecular weight excluding hydrogens is 324 g/mol. The van der Waals surface area contributed by atoms with Gasteiger partial charge in [0.1, 0.15) is 0 Å². The maximum Gasteiger partial charge on any atom is 0.225 e. The van der Waals surface area contributed by atoms with E-state index in [-0.39, 0.29) is 5.91 Å². The van der Waals surface area contributed by atoms with E-state index in [1.807, 2.05) is 34.5 Å². The van der Waals surface area contributed by atoms with Gasteiger partial charge >= 0.3 is 0 Å². The van der Waals surface area contributed by atoms with Gasteiger partial charge in [-0.2, -0.15) is 0 Å². The molecule has 0 atom stereocenters. The molecular formula is C15H15ClN2OS2. The van der Waals surface area contributed by atoms with Crippen LogP contribution in [0.4, 0.5) is 5.13 Å². The molecule has 0 unspecified atom stereocenters. The minimum atomic E-state index is 0.0842. The molecule has 1 fully saturated rings. The van der Waals surface area contributed by atoms with Gasteiger partial charge in [-0.1, -0.05) is 17.7 Å². The number of amides is 1. The average Bonchev–Trinajstić information content (AvgIpc) is 3.15. The zero-order valence-corrected chi connectivity index (χ0v) is 14.0. The van der Waals surface area contributed by atoms with Crippen molar-refractivity contribution in [2.75, 3.05) is 4.90 Å². The lowest BCUT2D eigenvalue weighted by molar-refractivity contribution is -0.116. The molecule has 0 aliphatic heterocycles. The minimum absolute atomic E-state index is 0.0842. The van der Waals surface area contributed by atoms with Crippen LogP contribution < -0.4 is 4.90 Å². The summed E-state index contributed by atoms with van der Waals surface area (Å²) in [6, 6.07) is 8.16. The summed E-state index contributed by atoms with van der Waals surface area (Å²) in [5, 5.41) is 3.60. The number of aromatic nitrogens is 1. The smallest absolute Gasteiger partial charge is 0.225 e. The van der Waals surface area contributed by atoms with Gasteiger partial charge in [-0.3, -0.25) is 9.69 Å². The topological polar surface area (TPSA) is 33.2 Å². The molecule has 1 saturated carbocycles. The van der Waals surface area contributed by atoms with Gasteiger partial charge < -0.3 is 0 Å². The van der Waals surface area contributed by atoms with Crippen molar-refractivity contribution in [3.63, 3.8) is 0 Å². The van der Waals surface area contributed by atoms with Crippen LogP contribution in [0.25, 0.3) is 0 Å². The van der Waals surface area contributed by atoms with Crippen molar-refractivity contribution in [3.8, 4) is 0 Å². The molecule has 0 N–H and O–H groups in total. The van der Waals surface area contributed by atoms with Gasteiger partial charge in [0.25, 0.3) is 0 Å². The molecule has 1 heterocycles. The van der Waals surface area contributed by atoms with E-state index in [1.54, 1.807) is 30.0 Å².